The molecule has 30 heavy (non-hydrogen) atoms. The maximum atomic E-state index is 13.0. The molecule has 7 nitrogen and oxygen atoms in total. The average Bonchev–Trinajstić information content (AvgIpc) is 3.20. The lowest BCUT2D eigenvalue weighted by Crippen LogP contribution is -2.48. The van der Waals surface area contributed by atoms with Crippen molar-refractivity contribution in [2.24, 2.45) is 0 Å². The number of aromatic nitrogens is 2. The number of aryl methyl sites for hydroxylation is 1. The second-order valence-corrected chi connectivity index (χ2v) is 7.43. The van der Waals surface area contributed by atoms with E-state index >= 15 is 0 Å². The van der Waals surface area contributed by atoms with Crippen LogP contribution in [-0.4, -0.2) is 58.6 Å². The van der Waals surface area contributed by atoms with E-state index in [0.29, 0.717) is 30.5 Å². The molecule has 1 aromatic heterocycles. The summed E-state index contributed by atoms with van der Waals surface area (Å²) in [6, 6.07) is 13.7. The van der Waals surface area contributed by atoms with E-state index in [0.717, 1.165) is 37.3 Å². The highest BCUT2D eigenvalue weighted by Crippen LogP contribution is 2.20. The van der Waals surface area contributed by atoms with Crippen LogP contribution in [0.3, 0.4) is 0 Å². The topological polar surface area (TPSA) is 74.5 Å². The Balaban J connectivity index is 1.24. The van der Waals surface area contributed by atoms with E-state index in [2.05, 4.69) is 25.3 Å². The van der Waals surface area contributed by atoms with Crippen molar-refractivity contribution in [3.8, 4) is 11.4 Å². The lowest BCUT2D eigenvalue weighted by Gasteiger charge is -2.33. The van der Waals surface area contributed by atoms with E-state index in [1.165, 1.54) is 12.1 Å². The quantitative estimate of drug-likeness (QED) is 0.675. The lowest BCUT2D eigenvalue weighted by molar-refractivity contribution is -0.117. The number of nitrogens with one attached hydrogen (secondary N) is 1. The van der Waals surface area contributed by atoms with Gasteiger partial charge in [-0.25, -0.2) is 4.39 Å². The number of benzene rings is 2. The zero-order valence-electron chi connectivity index (χ0n) is 16.8. The molecule has 1 aliphatic heterocycles. The average molecular weight is 409 g/mol. The Bertz CT molecular complexity index is 997. The largest absolute Gasteiger partial charge is 0.338 e. The van der Waals surface area contributed by atoms with Crippen molar-refractivity contribution in [3.05, 3.63) is 65.8 Å². The smallest absolute Gasteiger partial charge is 0.241 e. The molecule has 156 valence electrons. The summed E-state index contributed by atoms with van der Waals surface area (Å²) in [7, 11) is 0. The van der Waals surface area contributed by atoms with Gasteiger partial charge in [-0.05, 0) is 36.8 Å². The number of rotatable bonds is 6. The highest BCUT2D eigenvalue weighted by molar-refractivity contribution is 5.92. The molecular formula is C22H24FN5O2. The second kappa shape index (κ2) is 9.15. The summed E-state index contributed by atoms with van der Waals surface area (Å²) in [5.74, 6) is 0.779. The molecule has 0 spiro atoms. The number of carbonyl (C=O) groups is 1. The van der Waals surface area contributed by atoms with Crippen LogP contribution in [0, 0.1) is 12.7 Å². The van der Waals surface area contributed by atoms with E-state index in [4.69, 9.17) is 4.52 Å². The highest BCUT2D eigenvalue weighted by atomic mass is 19.1. The van der Waals surface area contributed by atoms with Gasteiger partial charge in [-0.2, -0.15) is 4.98 Å². The van der Waals surface area contributed by atoms with Crippen LogP contribution in [0.5, 0.6) is 0 Å². The Morgan fingerprint density at radius 1 is 1.07 bits per heavy atom. The minimum absolute atomic E-state index is 0.102. The Hall–Kier alpha value is -3.10. The molecule has 1 saturated heterocycles. The van der Waals surface area contributed by atoms with Crippen molar-refractivity contribution in [2.45, 2.75) is 13.5 Å². The van der Waals surface area contributed by atoms with E-state index < -0.39 is 0 Å². The predicted molar refractivity (Wildman–Crippen MR) is 111 cm³/mol. The van der Waals surface area contributed by atoms with Gasteiger partial charge in [0.1, 0.15) is 5.82 Å². The van der Waals surface area contributed by atoms with Gasteiger partial charge in [-0.1, -0.05) is 29.4 Å². The number of anilines is 1. The van der Waals surface area contributed by atoms with Crippen LogP contribution in [0.25, 0.3) is 11.4 Å². The zero-order chi connectivity index (χ0) is 20.9. The standard InChI is InChI=1S/C22H24FN5O2/c1-16-4-2-3-5-19(16)22-25-21(30-26-22)15-28-12-10-27(11-13-28)14-20(29)24-18-8-6-17(23)7-9-18/h2-9H,10-15H2,1H3,(H,24,29). The van der Waals surface area contributed by atoms with E-state index in [-0.39, 0.29) is 11.7 Å². The fraction of sp³-hybridized carbons (Fsp3) is 0.318. The van der Waals surface area contributed by atoms with Crippen LogP contribution >= 0.6 is 0 Å². The molecule has 0 bridgehead atoms. The molecule has 1 N–H and O–H groups in total. The highest BCUT2D eigenvalue weighted by Gasteiger charge is 2.21. The van der Waals surface area contributed by atoms with Gasteiger partial charge in [0.25, 0.3) is 0 Å². The van der Waals surface area contributed by atoms with E-state index in [1.54, 1.807) is 12.1 Å². The summed E-state index contributed by atoms with van der Waals surface area (Å²) >= 11 is 0. The Kier molecular flexibility index (Phi) is 6.15. The second-order valence-electron chi connectivity index (χ2n) is 7.43. The molecule has 1 amide bonds. The molecular weight excluding hydrogens is 385 g/mol. The SMILES string of the molecule is Cc1ccccc1-c1noc(CN2CCN(CC(=O)Nc3ccc(F)cc3)CC2)n1. The maximum absolute atomic E-state index is 13.0. The molecule has 0 unspecified atom stereocenters. The first kappa shape index (κ1) is 20.2. The molecule has 1 aliphatic rings. The van der Waals surface area contributed by atoms with Gasteiger partial charge in [0, 0.05) is 37.4 Å². The Labute approximate surface area is 174 Å². The number of nitrogens with zero attached hydrogens (tertiary/aromatic N) is 4. The van der Waals surface area contributed by atoms with Crippen molar-refractivity contribution in [1.82, 2.24) is 19.9 Å². The molecule has 0 aliphatic carbocycles. The van der Waals surface area contributed by atoms with E-state index in [1.807, 2.05) is 31.2 Å². The predicted octanol–water partition coefficient (Wildman–Crippen LogP) is 2.94. The first-order valence-electron chi connectivity index (χ1n) is 9.95. The number of halogens is 1. The first-order valence-corrected chi connectivity index (χ1v) is 9.95. The van der Waals surface area contributed by atoms with Crippen LogP contribution in [0.1, 0.15) is 11.5 Å². The van der Waals surface area contributed by atoms with Gasteiger partial charge >= 0.3 is 0 Å². The van der Waals surface area contributed by atoms with Crippen molar-refractivity contribution < 1.29 is 13.7 Å². The van der Waals surface area contributed by atoms with Crippen LogP contribution in [0.2, 0.25) is 0 Å². The molecule has 0 saturated carbocycles. The molecule has 0 atom stereocenters. The monoisotopic (exact) mass is 409 g/mol. The van der Waals surface area contributed by atoms with Crippen molar-refractivity contribution >= 4 is 11.6 Å². The molecule has 8 heteroatoms. The maximum Gasteiger partial charge on any atom is 0.241 e. The zero-order valence-corrected chi connectivity index (χ0v) is 16.8. The Morgan fingerprint density at radius 3 is 2.50 bits per heavy atom. The molecule has 3 aromatic rings. The van der Waals surface area contributed by atoms with Crippen LogP contribution in [-0.2, 0) is 11.3 Å². The van der Waals surface area contributed by atoms with Crippen LogP contribution < -0.4 is 5.32 Å². The third-order valence-corrected chi connectivity index (χ3v) is 5.17. The Morgan fingerprint density at radius 2 is 1.77 bits per heavy atom. The van der Waals surface area contributed by atoms with Crippen molar-refractivity contribution in [2.75, 3.05) is 38.0 Å². The summed E-state index contributed by atoms with van der Waals surface area (Å²) < 4.78 is 18.4. The third-order valence-electron chi connectivity index (χ3n) is 5.17. The summed E-state index contributed by atoms with van der Waals surface area (Å²) in [6.45, 7) is 6.09. The minimum Gasteiger partial charge on any atom is -0.338 e. The van der Waals surface area contributed by atoms with Crippen molar-refractivity contribution in [3.63, 3.8) is 0 Å². The molecule has 2 aromatic carbocycles. The van der Waals surface area contributed by atoms with Gasteiger partial charge in [0.15, 0.2) is 0 Å². The summed E-state index contributed by atoms with van der Waals surface area (Å²) in [5, 5.41) is 6.91. The van der Waals surface area contributed by atoms with Gasteiger partial charge in [0.05, 0.1) is 13.1 Å². The fourth-order valence-electron chi connectivity index (χ4n) is 3.49. The first-order chi connectivity index (χ1) is 14.6. The van der Waals surface area contributed by atoms with Crippen molar-refractivity contribution in [1.29, 1.82) is 0 Å². The van der Waals surface area contributed by atoms with Gasteiger partial charge in [0.2, 0.25) is 17.6 Å². The van der Waals surface area contributed by atoms with Gasteiger partial charge in [-0.3, -0.25) is 14.6 Å². The number of carbonyl (C=O) groups excluding carboxylic acids is 1. The number of piperazine rings is 1. The molecule has 4 rings (SSSR count). The summed E-state index contributed by atoms with van der Waals surface area (Å²) in [6.07, 6.45) is 0. The summed E-state index contributed by atoms with van der Waals surface area (Å²) in [5.41, 5.74) is 2.68. The fourth-order valence-corrected chi connectivity index (χ4v) is 3.49. The number of hydrogen-bond donors (Lipinski definition) is 1. The van der Waals surface area contributed by atoms with Crippen LogP contribution in [0.15, 0.2) is 53.1 Å². The van der Waals surface area contributed by atoms with E-state index in [9.17, 15) is 9.18 Å². The van der Waals surface area contributed by atoms with Gasteiger partial charge < -0.3 is 9.84 Å². The molecule has 0 radical (unpaired) electrons. The minimum atomic E-state index is -0.323. The third kappa shape index (κ3) is 5.08. The molecule has 1 fully saturated rings. The van der Waals surface area contributed by atoms with Gasteiger partial charge in [-0.15, -0.1) is 0 Å². The number of hydrogen-bond acceptors (Lipinski definition) is 6. The normalized spacial score (nSPS) is 15.3. The summed E-state index contributed by atoms with van der Waals surface area (Å²) in [4.78, 5) is 21.1. The molecule has 2 heterocycles. The lowest BCUT2D eigenvalue weighted by atomic mass is 10.1. The van der Waals surface area contributed by atoms with Crippen LogP contribution in [0.4, 0.5) is 10.1 Å². The number of amides is 1.